The van der Waals surface area contributed by atoms with Crippen LogP contribution in [0.5, 0.6) is 0 Å². The fourth-order valence-corrected chi connectivity index (χ4v) is 4.65. The largest absolute Gasteiger partial charge is 0.357 e. The Kier molecular flexibility index (Phi) is 4.59. The average Bonchev–Trinajstić information content (AvgIpc) is 3.10. The number of benzene rings is 2. The molecule has 3 nitrogen and oxygen atoms in total. The first-order valence-electron chi connectivity index (χ1n) is 9.38. The van der Waals surface area contributed by atoms with Gasteiger partial charge in [0.15, 0.2) is 0 Å². The molecular weight excluding hydrogens is 389 g/mol. The summed E-state index contributed by atoms with van der Waals surface area (Å²) in [4.78, 5) is 10.5. The number of nitrogens with zero attached hydrogens (tertiary/aromatic N) is 2. The van der Waals surface area contributed by atoms with E-state index in [0.29, 0.717) is 10.0 Å². The Morgan fingerprint density at radius 3 is 2.79 bits per heavy atom. The van der Waals surface area contributed by atoms with Gasteiger partial charge in [0.05, 0.1) is 16.1 Å². The molecule has 1 N–H and O–H groups in total. The van der Waals surface area contributed by atoms with Crippen LogP contribution >= 0.6 is 23.2 Å². The van der Waals surface area contributed by atoms with Gasteiger partial charge in [0.1, 0.15) is 0 Å². The Balaban J connectivity index is 1.62. The van der Waals surface area contributed by atoms with Crippen molar-refractivity contribution >= 4 is 34.1 Å². The van der Waals surface area contributed by atoms with Gasteiger partial charge in [-0.15, -0.1) is 0 Å². The van der Waals surface area contributed by atoms with Crippen LogP contribution in [0.1, 0.15) is 28.4 Å². The summed E-state index contributed by atoms with van der Waals surface area (Å²) in [5, 5.41) is 2.55. The maximum Gasteiger partial charge on any atom is 0.0775 e. The molecule has 28 heavy (non-hydrogen) atoms. The molecule has 4 aromatic rings. The fourth-order valence-electron chi connectivity index (χ4n) is 4.27. The van der Waals surface area contributed by atoms with Crippen LogP contribution in [0.15, 0.2) is 67.0 Å². The van der Waals surface area contributed by atoms with Gasteiger partial charge < -0.3 is 4.98 Å². The third kappa shape index (κ3) is 3.00. The SMILES string of the molecule is Clc1cccc(CN2CCc3c([nH]c4ccccc34)C2c2cccnc2)c1Cl. The third-order valence-electron chi connectivity index (χ3n) is 5.54. The molecule has 2 aromatic carbocycles. The first-order valence-corrected chi connectivity index (χ1v) is 10.1. The number of aromatic nitrogens is 2. The molecule has 5 rings (SSSR count). The quantitative estimate of drug-likeness (QED) is 0.450. The number of para-hydroxylation sites is 1. The maximum absolute atomic E-state index is 6.49. The number of rotatable bonds is 3. The van der Waals surface area contributed by atoms with Crippen LogP contribution in [0.3, 0.4) is 0 Å². The standard InChI is InChI=1S/C23H19Cl2N3/c24-19-8-3-5-16(21(19)25)14-28-12-10-18-17-7-1-2-9-20(17)27-22(18)23(28)15-6-4-11-26-13-15/h1-9,11,13,23,27H,10,12,14H2. The van der Waals surface area contributed by atoms with E-state index in [-0.39, 0.29) is 6.04 Å². The first kappa shape index (κ1) is 17.7. The number of halogens is 2. The summed E-state index contributed by atoms with van der Waals surface area (Å²) in [7, 11) is 0. The molecule has 3 heterocycles. The molecule has 2 aromatic heterocycles. The highest BCUT2D eigenvalue weighted by Crippen LogP contribution is 2.39. The Labute approximate surface area is 173 Å². The van der Waals surface area contributed by atoms with Gasteiger partial charge in [0, 0.05) is 42.1 Å². The second-order valence-electron chi connectivity index (χ2n) is 7.19. The number of hydrogen-bond donors (Lipinski definition) is 1. The Morgan fingerprint density at radius 2 is 1.93 bits per heavy atom. The first-order chi connectivity index (χ1) is 13.7. The van der Waals surface area contributed by atoms with E-state index in [1.807, 2.05) is 30.6 Å². The summed E-state index contributed by atoms with van der Waals surface area (Å²) in [6.07, 6.45) is 4.77. The van der Waals surface area contributed by atoms with Crippen LogP contribution in [0, 0.1) is 0 Å². The molecule has 0 spiro atoms. The number of pyridine rings is 1. The predicted molar refractivity (Wildman–Crippen MR) is 115 cm³/mol. The van der Waals surface area contributed by atoms with E-state index >= 15 is 0 Å². The van der Waals surface area contributed by atoms with Crippen molar-refractivity contribution in [2.75, 3.05) is 6.54 Å². The number of aromatic amines is 1. The number of nitrogens with one attached hydrogen (secondary N) is 1. The van der Waals surface area contributed by atoms with Crippen molar-refractivity contribution in [2.45, 2.75) is 19.0 Å². The Morgan fingerprint density at radius 1 is 1.04 bits per heavy atom. The van der Waals surface area contributed by atoms with E-state index in [9.17, 15) is 0 Å². The number of hydrogen-bond acceptors (Lipinski definition) is 2. The molecule has 0 fully saturated rings. The van der Waals surface area contributed by atoms with Crippen LogP contribution in [-0.4, -0.2) is 21.4 Å². The summed E-state index contributed by atoms with van der Waals surface area (Å²) in [6.45, 7) is 1.67. The van der Waals surface area contributed by atoms with E-state index in [1.54, 1.807) is 0 Å². The van der Waals surface area contributed by atoms with E-state index in [0.717, 1.165) is 25.1 Å². The van der Waals surface area contributed by atoms with Crippen molar-refractivity contribution in [1.29, 1.82) is 0 Å². The van der Waals surface area contributed by atoms with Crippen molar-refractivity contribution < 1.29 is 0 Å². The average molecular weight is 408 g/mol. The second kappa shape index (κ2) is 7.25. The van der Waals surface area contributed by atoms with Gasteiger partial charge in [0.25, 0.3) is 0 Å². The van der Waals surface area contributed by atoms with E-state index in [1.165, 1.54) is 27.7 Å². The topological polar surface area (TPSA) is 31.9 Å². The molecule has 1 unspecified atom stereocenters. The second-order valence-corrected chi connectivity index (χ2v) is 7.97. The van der Waals surface area contributed by atoms with Crippen LogP contribution in [0.4, 0.5) is 0 Å². The molecule has 0 saturated carbocycles. The van der Waals surface area contributed by atoms with Crippen LogP contribution in [0.25, 0.3) is 10.9 Å². The minimum absolute atomic E-state index is 0.0971. The van der Waals surface area contributed by atoms with Gasteiger partial charge in [0.2, 0.25) is 0 Å². The smallest absolute Gasteiger partial charge is 0.0775 e. The minimum atomic E-state index is 0.0971. The minimum Gasteiger partial charge on any atom is -0.357 e. The van der Waals surface area contributed by atoms with Gasteiger partial charge in [-0.25, -0.2) is 0 Å². The van der Waals surface area contributed by atoms with Gasteiger partial charge in [-0.2, -0.15) is 0 Å². The van der Waals surface area contributed by atoms with Gasteiger partial charge >= 0.3 is 0 Å². The molecule has 1 aliphatic heterocycles. The van der Waals surface area contributed by atoms with Crippen LogP contribution in [0.2, 0.25) is 10.0 Å². The van der Waals surface area contributed by atoms with Gasteiger partial charge in [-0.3, -0.25) is 9.88 Å². The van der Waals surface area contributed by atoms with Crippen LogP contribution in [-0.2, 0) is 13.0 Å². The van der Waals surface area contributed by atoms with E-state index in [2.05, 4.69) is 51.3 Å². The van der Waals surface area contributed by atoms with Crippen molar-refractivity contribution in [2.24, 2.45) is 0 Å². The highest BCUT2D eigenvalue weighted by Gasteiger charge is 2.32. The lowest BCUT2D eigenvalue weighted by Gasteiger charge is -2.36. The monoisotopic (exact) mass is 407 g/mol. The lowest BCUT2D eigenvalue weighted by atomic mass is 9.92. The van der Waals surface area contributed by atoms with Crippen molar-refractivity contribution in [3.8, 4) is 0 Å². The third-order valence-corrected chi connectivity index (χ3v) is 6.40. The zero-order valence-corrected chi connectivity index (χ0v) is 16.7. The molecular formula is C23H19Cl2N3. The number of H-pyrrole nitrogens is 1. The molecule has 140 valence electrons. The molecule has 0 saturated heterocycles. The Bertz CT molecular complexity index is 1140. The van der Waals surface area contributed by atoms with Crippen molar-refractivity contribution in [3.05, 3.63) is 99.4 Å². The molecule has 0 bridgehead atoms. The van der Waals surface area contributed by atoms with Crippen molar-refractivity contribution in [1.82, 2.24) is 14.9 Å². The summed E-state index contributed by atoms with van der Waals surface area (Å²) in [5.74, 6) is 0. The lowest BCUT2D eigenvalue weighted by molar-refractivity contribution is 0.202. The molecule has 1 atom stereocenters. The highest BCUT2D eigenvalue weighted by atomic mass is 35.5. The normalized spacial score (nSPS) is 17.0. The predicted octanol–water partition coefficient (Wildman–Crippen LogP) is 6.02. The van der Waals surface area contributed by atoms with E-state index in [4.69, 9.17) is 23.2 Å². The molecule has 0 radical (unpaired) electrons. The lowest BCUT2D eigenvalue weighted by Crippen LogP contribution is -2.35. The summed E-state index contributed by atoms with van der Waals surface area (Å²) in [6, 6.07) is 18.6. The molecule has 5 heteroatoms. The zero-order chi connectivity index (χ0) is 19.1. The summed E-state index contributed by atoms with van der Waals surface area (Å²) < 4.78 is 0. The Hall–Kier alpha value is -2.33. The fraction of sp³-hybridized carbons (Fsp3) is 0.174. The maximum atomic E-state index is 6.49. The van der Waals surface area contributed by atoms with E-state index < -0.39 is 0 Å². The summed E-state index contributed by atoms with van der Waals surface area (Å²) >= 11 is 12.7. The van der Waals surface area contributed by atoms with Gasteiger partial charge in [-0.05, 0) is 41.3 Å². The molecule has 0 aliphatic carbocycles. The number of fused-ring (bicyclic) bond motifs is 3. The highest BCUT2D eigenvalue weighted by molar-refractivity contribution is 6.42. The molecule has 1 aliphatic rings. The summed E-state index contributed by atoms with van der Waals surface area (Å²) in [5.41, 5.74) is 6.05. The van der Waals surface area contributed by atoms with Crippen molar-refractivity contribution in [3.63, 3.8) is 0 Å². The van der Waals surface area contributed by atoms with Crippen LogP contribution < -0.4 is 0 Å². The zero-order valence-electron chi connectivity index (χ0n) is 15.2. The van der Waals surface area contributed by atoms with Gasteiger partial charge in [-0.1, -0.05) is 59.6 Å². The molecule has 0 amide bonds.